The van der Waals surface area contributed by atoms with Crippen molar-refractivity contribution in [1.29, 1.82) is 0 Å². The predicted molar refractivity (Wildman–Crippen MR) is 514 cm³/mol. The molecule has 0 unspecified atom stereocenters. The summed E-state index contributed by atoms with van der Waals surface area (Å²) in [5.41, 5.74) is 2.33. The molecule has 0 spiro atoms. The van der Waals surface area contributed by atoms with Crippen molar-refractivity contribution in [1.82, 2.24) is 37.2 Å². The Balaban J connectivity index is 0. The van der Waals surface area contributed by atoms with Crippen LogP contribution in [0.1, 0.15) is 383 Å². The molecular weight excluding hydrogens is 1490 g/mol. The minimum absolute atomic E-state index is 0.00831. The lowest BCUT2D eigenvalue weighted by Crippen LogP contribution is -2.50. The highest BCUT2D eigenvalue weighted by atomic mass is 16.2. The van der Waals surface area contributed by atoms with Crippen LogP contribution in [0.15, 0.2) is 60.7 Å². The Kier molecular flexibility index (Phi) is 60.6. The molecule has 696 valence electrons. The molecule has 0 saturated heterocycles. The summed E-state index contributed by atoms with van der Waals surface area (Å²) < 4.78 is 0. The Morgan fingerprint density at radius 1 is 0.367 bits per heavy atom. The summed E-state index contributed by atoms with van der Waals surface area (Å²) in [5, 5.41) is 23.7. The molecule has 0 aliphatic heterocycles. The van der Waals surface area contributed by atoms with Crippen molar-refractivity contribution in [2.45, 2.75) is 450 Å². The molecule has 0 amide bonds. The van der Waals surface area contributed by atoms with Crippen LogP contribution < -0.4 is 37.2 Å². The number of hydrogen-bond donors (Lipinski definition) is 7. The van der Waals surface area contributed by atoms with E-state index in [-0.39, 0.29) is 106 Å². The lowest BCUT2D eigenvalue weighted by atomic mass is 9.80. The van der Waals surface area contributed by atoms with Crippen LogP contribution in [-0.2, 0) is 44.8 Å². The molecular formula is C105H193N7O8. The summed E-state index contributed by atoms with van der Waals surface area (Å²) in [5.74, 6) is 7.26. The van der Waals surface area contributed by atoms with Crippen LogP contribution >= 0.6 is 0 Å². The molecule has 2 aromatic rings. The number of ketones is 8. The number of nitrogens with one attached hydrogen (secondary N) is 7. The average molecular weight is 1680 g/mol. The van der Waals surface area contributed by atoms with Gasteiger partial charge in [0.1, 0.15) is 11.6 Å². The van der Waals surface area contributed by atoms with E-state index in [4.69, 9.17) is 0 Å². The van der Waals surface area contributed by atoms with Gasteiger partial charge < -0.3 is 37.2 Å². The first kappa shape index (κ1) is 118. The first-order valence-corrected chi connectivity index (χ1v) is 48.2. The van der Waals surface area contributed by atoms with E-state index >= 15 is 0 Å². The average Bonchev–Trinajstić information content (AvgIpc) is 1.63. The molecule has 0 bridgehead atoms. The zero-order valence-corrected chi connectivity index (χ0v) is 84.6. The van der Waals surface area contributed by atoms with Crippen molar-refractivity contribution >= 4 is 46.3 Å². The van der Waals surface area contributed by atoms with Crippen molar-refractivity contribution in [3.8, 4) is 0 Å². The molecule has 4 fully saturated rings. The first-order valence-electron chi connectivity index (χ1n) is 48.2. The third-order valence-electron chi connectivity index (χ3n) is 22.5. The van der Waals surface area contributed by atoms with Crippen LogP contribution in [0.2, 0.25) is 0 Å². The van der Waals surface area contributed by atoms with Gasteiger partial charge in [-0.2, -0.15) is 0 Å². The molecule has 0 aromatic heterocycles. The number of Topliss-reactive ketones (excluding diaryl/α,β-unsaturated/α-hetero) is 8. The Morgan fingerprint density at radius 3 is 1.07 bits per heavy atom. The van der Waals surface area contributed by atoms with Crippen molar-refractivity contribution in [2.24, 2.45) is 93.7 Å². The van der Waals surface area contributed by atoms with Gasteiger partial charge in [-0.15, -0.1) is 0 Å². The van der Waals surface area contributed by atoms with Crippen LogP contribution in [0.4, 0.5) is 0 Å². The summed E-state index contributed by atoms with van der Waals surface area (Å²) in [4.78, 5) is 96.1. The molecule has 4 aliphatic carbocycles. The Morgan fingerprint density at radius 2 is 0.742 bits per heavy atom. The smallest absolute Gasteiger partial charge is 0.156 e. The summed E-state index contributed by atoms with van der Waals surface area (Å²) in [6, 6.07) is 23.0. The Hall–Kier alpha value is -4.48. The van der Waals surface area contributed by atoms with E-state index in [0.29, 0.717) is 101 Å². The lowest BCUT2D eigenvalue weighted by Gasteiger charge is -2.33. The zero-order chi connectivity index (χ0) is 92.8. The Bertz CT molecular complexity index is 3060. The van der Waals surface area contributed by atoms with Gasteiger partial charge in [0.05, 0.1) is 36.3 Å². The summed E-state index contributed by atoms with van der Waals surface area (Å²) in [6.45, 7) is 76.9. The quantitative estimate of drug-likeness (QED) is 0.0329. The van der Waals surface area contributed by atoms with Crippen molar-refractivity contribution in [3.63, 3.8) is 0 Å². The van der Waals surface area contributed by atoms with E-state index < -0.39 is 0 Å². The molecule has 7 N–H and O–H groups in total. The summed E-state index contributed by atoms with van der Waals surface area (Å²) in [6.07, 6.45) is 21.9. The van der Waals surface area contributed by atoms with Gasteiger partial charge in [0, 0.05) is 108 Å². The second-order valence-electron chi connectivity index (χ2n) is 42.4. The Labute approximate surface area is 740 Å². The van der Waals surface area contributed by atoms with Gasteiger partial charge in [0.15, 0.2) is 34.7 Å². The first-order chi connectivity index (χ1) is 55.5. The maximum Gasteiger partial charge on any atom is 0.156 e. The molecule has 7 atom stereocenters. The number of hydrogen-bond acceptors (Lipinski definition) is 15. The summed E-state index contributed by atoms with van der Waals surface area (Å²) in [7, 11) is 0. The van der Waals surface area contributed by atoms with E-state index in [9.17, 15) is 38.4 Å². The molecule has 4 saturated carbocycles. The molecule has 0 heterocycles. The van der Waals surface area contributed by atoms with E-state index in [1.54, 1.807) is 0 Å². The monoisotopic (exact) mass is 1680 g/mol. The summed E-state index contributed by atoms with van der Waals surface area (Å²) >= 11 is 0. The number of carbonyl (C=O) groups is 8. The minimum Gasteiger partial charge on any atom is -0.314 e. The van der Waals surface area contributed by atoms with Crippen molar-refractivity contribution in [3.05, 3.63) is 71.8 Å². The van der Waals surface area contributed by atoms with Crippen molar-refractivity contribution in [2.75, 3.05) is 6.54 Å². The number of carbonyl (C=O) groups excluding carboxylic acids is 8. The van der Waals surface area contributed by atoms with Gasteiger partial charge in [0.25, 0.3) is 0 Å². The van der Waals surface area contributed by atoms with Crippen LogP contribution in [0.3, 0.4) is 0 Å². The van der Waals surface area contributed by atoms with Crippen molar-refractivity contribution < 1.29 is 38.4 Å². The maximum atomic E-state index is 12.2. The minimum atomic E-state index is -0.179. The molecule has 0 radical (unpaired) electrons. The van der Waals surface area contributed by atoms with E-state index in [1.807, 2.05) is 159 Å². The fraction of sp³-hybridized carbons (Fsp3) is 0.810. The molecule has 4 aliphatic rings. The molecule has 120 heavy (non-hydrogen) atoms. The van der Waals surface area contributed by atoms with Crippen LogP contribution in [-0.4, -0.2) is 125 Å². The van der Waals surface area contributed by atoms with Crippen LogP contribution in [0.25, 0.3) is 0 Å². The zero-order valence-electron chi connectivity index (χ0n) is 84.6. The number of rotatable bonds is 42. The second kappa shape index (κ2) is 61.8. The van der Waals surface area contributed by atoms with Gasteiger partial charge in [-0.05, 0) is 111 Å². The highest BCUT2D eigenvalue weighted by Crippen LogP contribution is 2.47. The standard InChI is InChI=1S/C16H24O.C15H29NO.C14H27NO.C14H21NO.C12H23NO.C12H25NO.C11H21NO.C11H23NO/c1-12(2)10-15(16(17)13(3)4)11-14-8-6-5-7-9-14;1-11(2)15(17)14(16-12(3)4)10-13-8-6-5-7-9-13;2*1-10(2)14(16)13(15-11(3)4)12-8-6-5-7-9-12;1-8(2)12(14)11(13-9(3)4)7-10-5-6-10;1-8(2)10(14)11(12(5,6)7)13-9(3)4;1-8(2)10(13)11(5-6-11)7-12-9(3)4;1-7(2)10(12-9(5)6)11(13)8(3)4/h5-9,12-13,15H,10-11H2,1-4H3;11-14,16H,5-10H2,1-4H3;10-13,15H,5-9H2,1-4H3;5-11,13,15H,1-4H3;8-11,13H,5-7H2,1-4H3;8-9,11,13H,1-7H3;8-9,12H,5-7H2,1-4H3;7-10,12H,1-6H3/t15-;14-;2*13-;2*11-;;10-/m000001.0/s1. The van der Waals surface area contributed by atoms with Gasteiger partial charge in [-0.3, -0.25) is 38.4 Å². The van der Waals surface area contributed by atoms with E-state index in [1.165, 1.54) is 82.6 Å². The molecule has 15 heteroatoms. The van der Waals surface area contributed by atoms with Gasteiger partial charge in [-0.1, -0.05) is 367 Å². The molecule has 2 aromatic carbocycles. The molecule has 6 rings (SSSR count). The lowest BCUT2D eigenvalue weighted by molar-refractivity contribution is -0.127. The van der Waals surface area contributed by atoms with E-state index in [2.05, 4.69) is 195 Å². The van der Waals surface area contributed by atoms with Crippen LogP contribution in [0, 0.1) is 93.7 Å². The van der Waals surface area contributed by atoms with Gasteiger partial charge in [0.2, 0.25) is 0 Å². The topological polar surface area (TPSA) is 221 Å². The number of benzene rings is 2. The largest absolute Gasteiger partial charge is 0.314 e. The maximum absolute atomic E-state index is 12.2. The fourth-order valence-corrected chi connectivity index (χ4v) is 15.5. The third-order valence-corrected chi connectivity index (χ3v) is 22.5. The van der Waals surface area contributed by atoms with Crippen LogP contribution in [0.5, 0.6) is 0 Å². The molecule has 15 nitrogen and oxygen atoms in total. The normalized spacial score (nSPS) is 16.8. The highest BCUT2D eigenvalue weighted by Gasteiger charge is 2.49. The highest BCUT2D eigenvalue weighted by molar-refractivity contribution is 5.90. The predicted octanol–water partition coefficient (Wildman–Crippen LogP) is 23.0. The van der Waals surface area contributed by atoms with Gasteiger partial charge in [-0.25, -0.2) is 0 Å². The SMILES string of the molecule is CC(C)C[C@@H](Cc1ccccc1)C(=O)C(C)C.CC(C)NCC1(C(=O)C(C)C)CC1.CC(C)N[C@@H](CC1CC1)C(=O)C(C)C.CC(C)N[C@@H](CC1CCCCC1)C(=O)C(C)C.CC(C)N[C@H](C(=O)C(C)C)C(C)(C)C.CC(C)N[C@H](C(=O)C(C)C)C(C)C.CC(C)N[C@H](C(=O)C(C)C)C1CCCCC1.CC(C)N[C@H](C(=O)C(C)C)c1ccccc1. The third kappa shape index (κ3) is 52.5. The fourth-order valence-electron chi connectivity index (χ4n) is 15.5. The second-order valence-corrected chi connectivity index (χ2v) is 42.4. The van der Waals surface area contributed by atoms with Gasteiger partial charge >= 0.3 is 0 Å². The van der Waals surface area contributed by atoms with E-state index in [0.717, 1.165) is 62.5 Å².